The lowest BCUT2D eigenvalue weighted by atomic mass is 10.2. The molecule has 1 aliphatic heterocycles. The van der Waals surface area contributed by atoms with Crippen LogP contribution in [0.2, 0.25) is 0 Å². The van der Waals surface area contributed by atoms with Crippen molar-refractivity contribution in [1.29, 1.82) is 0 Å². The van der Waals surface area contributed by atoms with Crippen molar-refractivity contribution in [3.8, 4) is 0 Å². The molecule has 1 aromatic heterocycles. The fraction of sp³-hybridized carbons (Fsp3) is 0.208. The van der Waals surface area contributed by atoms with Crippen LogP contribution in [0.3, 0.4) is 0 Å². The number of nitrogens with zero attached hydrogens (tertiary/aromatic N) is 2. The van der Waals surface area contributed by atoms with Crippen LogP contribution < -0.4 is 21.3 Å². The van der Waals surface area contributed by atoms with Crippen LogP contribution in [0.25, 0.3) is 0 Å². The molecule has 3 rings (SSSR count). The van der Waals surface area contributed by atoms with Gasteiger partial charge in [0.05, 0.1) is 17.0 Å². The van der Waals surface area contributed by atoms with E-state index >= 15 is 0 Å². The van der Waals surface area contributed by atoms with Crippen molar-refractivity contribution in [3.05, 3.63) is 96.6 Å². The van der Waals surface area contributed by atoms with Gasteiger partial charge in [0.25, 0.3) is 11.8 Å². The summed E-state index contributed by atoms with van der Waals surface area (Å²) < 4.78 is 0. The van der Waals surface area contributed by atoms with Crippen molar-refractivity contribution in [1.82, 2.24) is 15.6 Å². The molecule has 0 saturated carbocycles. The summed E-state index contributed by atoms with van der Waals surface area (Å²) in [6, 6.07) is 13.5. The summed E-state index contributed by atoms with van der Waals surface area (Å²) in [5, 5.41) is 5.61. The minimum atomic E-state index is -0.448. The number of para-hydroxylation sites is 1. The van der Waals surface area contributed by atoms with E-state index in [1.54, 1.807) is 6.07 Å². The quantitative estimate of drug-likeness (QED) is 0.574. The molecule has 1 aliphatic rings. The fourth-order valence-electron chi connectivity index (χ4n) is 3.52. The minimum absolute atomic E-state index is 0.166. The van der Waals surface area contributed by atoms with Crippen LogP contribution in [0.4, 0.5) is 5.69 Å². The molecule has 1 unspecified atom stereocenters. The van der Waals surface area contributed by atoms with Crippen LogP contribution in [0, 0.1) is 0 Å². The van der Waals surface area contributed by atoms with Gasteiger partial charge in [-0.1, -0.05) is 31.4 Å². The largest absolute Gasteiger partial charge is 0.397 e. The molecule has 0 spiro atoms. The maximum atomic E-state index is 12.6. The highest BCUT2D eigenvalue weighted by molar-refractivity contribution is 5.96. The molecule has 160 valence electrons. The molecule has 31 heavy (non-hydrogen) atoms. The summed E-state index contributed by atoms with van der Waals surface area (Å²) in [5.41, 5.74) is 8.13. The van der Waals surface area contributed by atoms with Gasteiger partial charge in [-0.3, -0.25) is 14.6 Å². The molecule has 2 aromatic rings. The smallest absolute Gasteiger partial charge is 0.274 e. The Bertz CT molecular complexity index is 983. The third-order valence-corrected chi connectivity index (χ3v) is 5.20. The molecule has 4 N–H and O–H groups in total. The van der Waals surface area contributed by atoms with Crippen molar-refractivity contribution in [2.24, 2.45) is 5.73 Å². The van der Waals surface area contributed by atoms with Crippen LogP contribution in [0.15, 0.2) is 85.4 Å². The van der Waals surface area contributed by atoms with Crippen LogP contribution in [-0.4, -0.2) is 35.9 Å². The second kappa shape index (κ2) is 10.2. The Kier molecular flexibility index (Phi) is 7.22. The second-order valence-corrected chi connectivity index (χ2v) is 7.20. The molecule has 1 atom stereocenters. The van der Waals surface area contributed by atoms with Gasteiger partial charge >= 0.3 is 0 Å². The van der Waals surface area contributed by atoms with Gasteiger partial charge in [0.15, 0.2) is 0 Å². The number of nitrogens with one attached hydrogen (secondary N) is 2. The second-order valence-electron chi connectivity index (χ2n) is 7.20. The van der Waals surface area contributed by atoms with Gasteiger partial charge in [0, 0.05) is 31.0 Å². The van der Waals surface area contributed by atoms with E-state index < -0.39 is 5.91 Å². The number of benzene rings is 1. The maximum absolute atomic E-state index is 12.6. The average Bonchev–Trinajstić information content (AvgIpc) is 3.29. The maximum Gasteiger partial charge on any atom is 0.274 e. The van der Waals surface area contributed by atoms with Crippen LogP contribution in [-0.2, 0) is 0 Å². The Labute approximate surface area is 182 Å². The van der Waals surface area contributed by atoms with E-state index in [4.69, 9.17) is 5.73 Å². The monoisotopic (exact) mass is 417 g/mol. The zero-order chi connectivity index (χ0) is 22.2. The first-order valence-electron chi connectivity index (χ1n) is 10.2. The van der Waals surface area contributed by atoms with Crippen LogP contribution >= 0.6 is 0 Å². The number of amides is 2. The van der Waals surface area contributed by atoms with Crippen molar-refractivity contribution >= 4 is 17.5 Å². The zero-order valence-electron chi connectivity index (χ0n) is 17.4. The molecule has 0 aliphatic carbocycles. The van der Waals surface area contributed by atoms with Crippen molar-refractivity contribution in [3.63, 3.8) is 0 Å². The van der Waals surface area contributed by atoms with Gasteiger partial charge in [-0.2, -0.15) is 0 Å². The third kappa shape index (κ3) is 5.39. The summed E-state index contributed by atoms with van der Waals surface area (Å²) in [6.07, 6.45) is 6.36. The van der Waals surface area contributed by atoms with E-state index in [0.29, 0.717) is 23.5 Å². The Morgan fingerprint density at radius 1 is 1.13 bits per heavy atom. The van der Waals surface area contributed by atoms with E-state index in [-0.39, 0.29) is 17.6 Å². The Hall–Kier alpha value is -3.87. The predicted molar refractivity (Wildman–Crippen MR) is 122 cm³/mol. The van der Waals surface area contributed by atoms with Gasteiger partial charge < -0.3 is 21.3 Å². The third-order valence-electron chi connectivity index (χ3n) is 5.20. The van der Waals surface area contributed by atoms with E-state index in [9.17, 15) is 9.59 Å². The highest BCUT2D eigenvalue weighted by Crippen LogP contribution is 2.24. The summed E-state index contributed by atoms with van der Waals surface area (Å²) >= 11 is 0. The number of anilines is 1. The van der Waals surface area contributed by atoms with E-state index in [1.807, 2.05) is 18.2 Å². The molecule has 0 bridgehead atoms. The normalized spacial score (nSPS) is 16.3. The van der Waals surface area contributed by atoms with Gasteiger partial charge in [-0.25, -0.2) is 0 Å². The molecular formula is C24H27N5O2. The molecule has 7 nitrogen and oxygen atoms in total. The van der Waals surface area contributed by atoms with Crippen molar-refractivity contribution in [2.75, 3.05) is 18.0 Å². The number of rotatable bonds is 8. The number of pyridine rings is 1. The number of hydrogen-bond donors (Lipinski definition) is 3. The van der Waals surface area contributed by atoms with E-state index in [1.165, 1.54) is 30.1 Å². The zero-order valence-corrected chi connectivity index (χ0v) is 17.4. The lowest BCUT2D eigenvalue weighted by Gasteiger charge is -2.27. The number of carbonyl (C=O) groups excluding carboxylic acids is 2. The molecule has 2 heterocycles. The molecule has 1 fully saturated rings. The number of hydrogen-bond acceptors (Lipinski definition) is 5. The predicted octanol–water partition coefficient (Wildman–Crippen LogP) is 2.75. The first-order valence-corrected chi connectivity index (χ1v) is 10.2. The van der Waals surface area contributed by atoms with Gasteiger partial charge in [-0.05, 0) is 49.3 Å². The van der Waals surface area contributed by atoms with Crippen LogP contribution in [0.5, 0.6) is 0 Å². The first-order chi connectivity index (χ1) is 15.0. The Balaban J connectivity index is 1.58. The van der Waals surface area contributed by atoms with Gasteiger partial charge in [0.2, 0.25) is 0 Å². The highest BCUT2D eigenvalue weighted by Gasteiger charge is 2.25. The van der Waals surface area contributed by atoms with Crippen LogP contribution in [0.1, 0.15) is 33.7 Å². The number of allylic oxidation sites excluding steroid dienone is 2. The summed E-state index contributed by atoms with van der Waals surface area (Å²) in [6.45, 7) is 8.70. The van der Waals surface area contributed by atoms with E-state index in [2.05, 4.69) is 45.8 Å². The lowest BCUT2D eigenvalue weighted by Crippen LogP contribution is -2.40. The molecular weight excluding hydrogens is 390 g/mol. The number of nitrogens with two attached hydrogens (primary N) is 1. The number of carbonyl (C=O) groups is 2. The highest BCUT2D eigenvalue weighted by atomic mass is 16.2. The standard InChI is InChI=1S/C24H27N5O2/c1-3-20(25)21(4-2)28-24(31)22-13-12-17(15-26-22)23(30)27-16-19-11-8-14-29(19)18-9-6-5-7-10-18/h3-7,9-10,12-13,15,19H,1-2,8,11,14,16,25H2,(H,27,30)(H,28,31)/b21-20-. The topological polar surface area (TPSA) is 100 Å². The van der Waals surface area contributed by atoms with Crippen molar-refractivity contribution in [2.45, 2.75) is 18.9 Å². The summed E-state index contributed by atoms with van der Waals surface area (Å²) in [4.78, 5) is 31.3. The fourth-order valence-corrected chi connectivity index (χ4v) is 3.52. The Morgan fingerprint density at radius 3 is 2.55 bits per heavy atom. The number of aromatic nitrogens is 1. The molecule has 0 radical (unpaired) electrons. The minimum Gasteiger partial charge on any atom is -0.397 e. The van der Waals surface area contributed by atoms with Gasteiger partial charge in [0.1, 0.15) is 5.69 Å². The summed E-state index contributed by atoms with van der Waals surface area (Å²) in [7, 11) is 0. The molecule has 1 saturated heterocycles. The Morgan fingerprint density at radius 2 is 1.90 bits per heavy atom. The molecule has 2 amide bonds. The first kappa shape index (κ1) is 21.8. The lowest BCUT2D eigenvalue weighted by molar-refractivity contribution is 0.0942. The molecule has 1 aromatic carbocycles. The van der Waals surface area contributed by atoms with E-state index in [0.717, 1.165) is 19.4 Å². The average molecular weight is 418 g/mol. The SMILES string of the molecule is C=C/C(N)=C(\C=C)NC(=O)c1ccc(C(=O)NCC2CCCN2c2ccccc2)cn1. The van der Waals surface area contributed by atoms with Gasteiger partial charge in [-0.15, -0.1) is 0 Å². The summed E-state index contributed by atoms with van der Waals surface area (Å²) in [5.74, 6) is -0.668. The molecule has 7 heteroatoms. The van der Waals surface area contributed by atoms with Crippen molar-refractivity contribution < 1.29 is 9.59 Å².